The first-order valence-corrected chi connectivity index (χ1v) is 4.75. The summed E-state index contributed by atoms with van der Waals surface area (Å²) in [6.07, 6.45) is 1.28. The highest BCUT2D eigenvalue weighted by Gasteiger charge is 2.15. The maximum absolute atomic E-state index is 10.7. The van der Waals surface area contributed by atoms with E-state index in [9.17, 15) is 9.90 Å². The molecule has 1 aromatic carbocycles. The number of carboxylic acid groups (broad SMARTS) is 1. The molecule has 0 unspecified atom stereocenters. The highest BCUT2D eigenvalue weighted by atomic mass is 16.5. The highest BCUT2D eigenvalue weighted by molar-refractivity contribution is 5.85. The lowest BCUT2D eigenvalue weighted by Gasteiger charge is -2.04. The van der Waals surface area contributed by atoms with Gasteiger partial charge in [0.25, 0.3) is 5.76 Å². The minimum absolute atomic E-state index is 0.00852. The monoisotopic (exact) mass is 235 g/mol. The fourth-order valence-corrected chi connectivity index (χ4v) is 1.27. The van der Waals surface area contributed by atoms with Crippen LogP contribution in [0.4, 0.5) is 0 Å². The smallest absolute Gasteiger partial charge is 0.375 e. The molecular formula is C11H9NO5. The van der Waals surface area contributed by atoms with Gasteiger partial charge in [-0.3, -0.25) is 0 Å². The molecule has 0 amide bonds. The quantitative estimate of drug-likeness (QED) is 0.837. The largest absolute Gasteiger partial charge is 0.508 e. The summed E-state index contributed by atoms with van der Waals surface area (Å²) in [5.74, 6) is -0.934. The van der Waals surface area contributed by atoms with Crippen molar-refractivity contribution in [3.63, 3.8) is 0 Å². The zero-order chi connectivity index (χ0) is 12.3. The fraction of sp³-hybridized carbons (Fsp3) is 0.0909. The number of hydrogen-bond acceptors (Lipinski definition) is 5. The molecule has 0 saturated carbocycles. The Balaban J connectivity index is 2.07. The Labute approximate surface area is 96.0 Å². The van der Waals surface area contributed by atoms with Crippen molar-refractivity contribution in [1.82, 2.24) is 5.16 Å². The molecule has 0 aliphatic rings. The molecular weight excluding hydrogens is 226 g/mol. The molecule has 0 aliphatic carbocycles. The van der Waals surface area contributed by atoms with Gasteiger partial charge in [0.2, 0.25) is 0 Å². The lowest BCUT2D eigenvalue weighted by atomic mass is 10.3. The number of hydrogen-bond donors (Lipinski definition) is 2. The molecule has 6 heteroatoms. The number of phenolic OH excluding ortho intramolecular Hbond substituents is 1. The third-order valence-electron chi connectivity index (χ3n) is 2.05. The van der Waals surface area contributed by atoms with Crippen LogP contribution in [0.3, 0.4) is 0 Å². The second-order valence-electron chi connectivity index (χ2n) is 3.27. The first kappa shape index (κ1) is 11.0. The van der Waals surface area contributed by atoms with E-state index in [4.69, 9.17) is 9.84 Å². The van der Waals surface area contributed by atoms with Crippen LogP contribution in [0.1, 0.15) is 16.1 Å². The van der Waals surface area contributed by atoms with Gasteiger partial charge in [-0.05, 0) is 12.1 Å². The number of aromatic carboxylic acids is 1. The molecule has 0 spiro atoms. The molecule has 0 radical (unpaired) electrons. The van der Waals surface area contributed by atoms with Crippen molar-refractivity contribution in [2.24, 2.45) is 0 Å². The molecule has 0 fully saturated rings. The zero-order valence-corrected chi connectivity index (χ0v) is 8.66. The fourth-order valence-electron chi connectivity index (χ4n) is 1.27. The number of aromatic nitrogens is 1. The number of ether oxygens (including phenoxy) is 1. The average molecular weight is 235 g/mol. The molecule has 0 atom stereocenters. The van der Waals surface area contributed by atoms with Gasteiger partial charge in [-0.1, -0.05) is 11.2 Å². The van der Waals surface area contributed by atoms with Gasteiger partial charge in [0.1, 0.15) is 18.1 Å². The van der Waals surface area contributed by atoms with Crippen LogP contribution in [0.15, 0.2) is 35.0 Å². The molecule has 2 aromatic rings. The lowest BCUT2D eigenvalue weighted by Crippen LogP contribution is -2.02. The van der Waals surface area contributed by atoms with Crippen molar-refractivity contribution < 1.29 is 24.3 Å². The Morgan fingerprint density at radius 2 is 2.29 bits per heavy atom. The third-order valence-corrected chi connectivity index (χ3v) is 2.05. The van der Waals surface area contributed by atoms with Gasteiger partial charge in [0.15, 0.2) is 0 Å². The first-order valence-electron chi connectivity index (χ1n) is 4.75. The van der Waals surface area contributed by atoms with Crippen LogP contribution in [0.5, 0.6) is 11.5 Å². The normalized spacial score (nSPS) is 10.1. The molecule has 2 N–H and O–H groups in total. The number of nitrogens with zero attached hydrogens (tertiary/aromatic N) is 1. The van der Waals surface area contributed by atoms with Crippen LogP contribution in [0, 0.1) is 0 Å². The van der Waals surface area contributed by atoms with Crippen molar-refractivity contribution in [1.29, 1.82) is 0 Å². The highest BCUT2D eigenvalue weighted by Crippen LogP contribution is 2.19. The predicted octanol–water partition coefficient (Wildman–Crippen LogP) is 1.66. The summed E-state index contributed by atoms with van der Waals surface area (Å²) in [7, 11) is 0. The topological polar surface area (TPSA) is 92.8 Å². The second-order valence-corrected chi connectivity index (χ2v) is 3.27. The van der Waals surface area contributed by atoms with E-state index in [1.165, 1.54) is 18.3 Å². The number of benzene rings is 1. The number of carboxylic acids is 1. The summed E-state index contributed by atoms with van der Waals surface area (Å²) in [4.78, 5) is 10.7. The van der Waals surface area contributed by atoms with Crippen molar-refractivity contribution in [3.8, 4) is 11.5 Å². The summed E-state index contributed by atoms with van der Waals surface area (Å²) in [6.45, 7) is 0.00852. The van der Waals surface area contributed by atoms with E-state index < -0.39 is 5.97 Å². The number of aromatic hydroxyl groups is 1. The van der Waals surface area contributed by atoms with E-state index in [0.29, 0.717) is 11.3 Å². The van der Waals surface area contributed by atoms with Crippen molar-refractivity contribution in [3.05, 3.63) is 41.8 Å². The van der Waals surface area contributed by atoms with E-state index in [2.05, 4.69) is 9.68 Å². The third kappa shape index (κ3) is 2.54. The lowest BCUT2D eigenvalue weighted by molar-refractivity contribution is 0.0648. The minimum Gasteiger partial charge on any atom is -0.508 e. The van der Waals surface area contributed by atoms with Gasteiger partial charge in [0, 0.05) is 6.07 Å². The minimum atomic E-state index is -1.20. The van der Waals surface area contributed by atoms with Crippen molar-refractivity contribution in [2.75, 3.05) is 0 Å². The number of phenols is 1. The Bertz CT molecular complexity index is 534. The van der Waals surface area contributed by atoms with Crippen LogP contribution in [0.2, 0.25) is 0 Å². The molecule has 0 saturated heterocycles. The predicted molar refractivity (Wildman–Crippen MR) is 55.9 cm³/mol. The molecule has 17 heavy (non-hydrogen) atoms. The first-order chi connectivity index (χ1) is 8.16. The summed E-state index contributed by atoms with van der Waals surface area (Å²) in [6, 6.07) is 6.20. The second kappa shape index (κ2) is 4.56. The Hall–Kier alpha value is -2.50. The summed E-state index contributed by atoms with van der Waals surface area (Å²) in [5.41, 5.74) is 0.334. The van der Waals surface area contributed by atoms with Gasteiger partial charge in [-0.25, -0.2) is 4.79 Å². The van der Waals surface area contributed by atoms with Gasteiger partial charge in [-0.2, -0.15) is 0 Å². The van der Waals surface area contributed by atoms with E-state index in [1.807, 2.05) is 0 Å². The summed E-state index contributed by atoms with van der Waals surface area (Å²) in [5, 5.41) is 21.4. The van der Waals surface area contributed by atoms with Crippen LogP contribution >= 0.6 is 0 Å². The standard InChI is InChI=1S/C11H9NO5/c13-8-2-1-3-9(4-8)16-6-7-5-12-17-10(7)11(14)15/h1-5,13H,6H2,(H,14,15). The van der Waals surface area contributed by atoms with Gasteiger partial charge >= 0.3 is 5.97 Å². The van der Waals surface area contributed by atoms with Crippen molar-refractivity contribution >= 4 is 5.97 Å². The maximum atomic E-state index is 10.7. The SMILES string of the molecule is O=C(O)c1oncc1COc1cccc(O)c1. The van der Waals surface area contributed by atoms with Gasteiger partial charge < -0.3 is 19.5 Å². The molecule has 88 valence electrons. The Morgan fingerprint density at radius 3 is 3.00 bits per heavy atom. The van der Waals surface area contributed by atoms with Crippen LogP contribution < -0.4 is 4.74 Å². The molecule has 0 bridgehead atoms. The van der Waals surface area contributed by atoms with Crippen LogP contribution in [-0.4, -0.2) is 21.3 Å². The molecule has 2 rings (SSSR count). The number of carbonyl (C=O) groups is 1. The Morgan fingerprint density at radius 1 is 1.47 bits per heavy atom. The summed E-state index contributed by atoms with van der Waals surface area (Å²) < 4.78 is 9.86. The van der Waals surface area contributed by atoms with Gasteiger partial charge in [0.05, 0.1) is 11.8 Å². The Kier molecular flexibility index (Phi) is 2.95. The van der Waals surface area contributed by atoms with E-state index in [-0.39, 0.29) is 18.1 Å². The van der Waals surface area contributed by atoms with E-state index in [1.54, 1.807) is 12.1 Å². The summed E-state index contributed by atoms with van der Waals surface area (Å²) >= 11 is 0. The zero-order valence-electron chi connectivity index (χ0n) is 8.66. The maximum Gasteiger partial charge on any atom is 0.375 e. The van der Waals surface area contributed by atoms with E-state index in [0.717, 1.165) is 0 Å². The average Bonchev–Trinajstić information content (AvgIpc) is 2.74. The van der Waals surface area contributed by atoms with E-state index >= 15 is 0 Å². The van der Waals surface area contributed by atoms with Gasteiger partial charge in [-0.15, -0.1) is 0 Å². The molecule has 1 aromatic heterocycles. The molecule has 6 nitrogen and oxygen atoms in total. The van der Waals surface area contributed by atoms with Crippen molar-refractivity contribution in [2.45, 2.75) is 6.61 Å². The number of rotatable bonds is 4. The van der Waals surface area contributed by atoms with Crippen LogP contribution in [0.25, 0.3) is 0 Å². The van der Waals surface area contributed by atoms with Crippen LogP contribution in [-0.2, 0) is 6.61 Å². The molecule has 0 aliphatic heterocycles. The molecule has 1 heterocycles.